The van der Waals surface area contributed by atoms with E-state index in [2.05, 4.69) is 5.10 Å². The number of hydrogen-bond acceptors (Lipinski definition) is 5. The standard InChI is InChI=1S/C16H21BN2O4/c1-15(2)16(3,4)23-17(22-15)10-7-11(14(20)21-6)12-9-18-19(5)13(12)8-10/h7-9H,1-6H3. The van der Waals surface area contributed by atoms with Crippen molar-refractivity contribution < 1.29 is 18.8 Å². The Bertz CT molecular complexity index is 766. The fourth-order valence-electron chi connectivity index (χ4n) is 2.66. The number of rotatable bonds is 2. The Morgan fingerprint density at radius 2 is 1.83 bits per heavy atom. The first-order valence-electron chi connectivity index (χ1n) is 7.56. The van der Waals surface area contributed by atoms with Crippen LogP contribution < -0.4 is 5.46 Å². The molecule has 0 spiro atoms. The Labute approximate surface area is 135 Å². The van der Waals surface area contributed by atoms with Crippen LogP contribution in [0.15, 0.2) is 18.3 Å². The molecule has 1 aromatic heterocycles. The molecule has 0 unspecified atom stereocenters. The number of nitrogens with zero attached hydrogens (tertiary/aromatic N) is 2. The van der Waals surface area contributed by atoms with Crippen LogP contribution in [0.25, 0.3) is 10.9 Å². The van der Waals surface area contributed by atoms with Crippen LogP contribution in [-0.4, -0.2) is 41.2 Å². The van der Waals surface area contributed by atoms with Gasteiger partial charge in [-0.2, -0.15) is 5.10 Å². The maximum Gasteiger partial charge on any atom is 0.494 e. The van der Waals surface area contributed by atoms with Crippen molar-refractivity contribution in [3.05, 3.63) is 23.9 Å². The molecule has 2 aromatic rings. The summed E-state index contributed by atoms with van der Waals surface area (Å²) in [5.74, 6) is -0.402. The third kappa shape index (κ3) is 2.44. The molecule has 3 rings (SSSR count). The molecule has 1 aliphatic rings. The van der Waals surface area contributed by atoms with E-state index in [0.29, 0.717) is 5.56 Å². The van der Waals surface area contributed by atoms with Gasteiger partial charge in [0.25, 0.3) is 0 Å². The first-order chi connectivity index (χ1) is 10.7. The molecule has 1 aliphatic heterocycles. The van der Waals surface area contributed by atoms with Crippen molar-refractivity contribution in [1.82, 2.24) is 9.78 Å². The number of benzene rings is 1. The predicted octanol–water partition coefficient (Wildman–Crippen LogP) is 1.66. The molecule has 0 N–H and O–H groups in total. The van der Waals surface area contributed by atoms with E-state index in [-0.39, 0.29) is 0 Å². The number of hydrogen-bond donors (Lipinski definition) is 0. The van der Waals surface area contributed by atoms with Crippen molar-refractivity contribution in [2.24, 2.45) is 7.05 Å². The SMILES string of the molecule is COC(=O)c1cc(B2OC(C)(C)C(C)(C)O2)cc2c1cnn2C. The summed E-state index contributed by atoms with van der Waals surface area (Å²) in [7, 11) is 2.66. The smallest absolute Gasteiger partial charge is 0.465 e. The molecule has 0 atom stereocenters. The molecule has 1 aromatic carbocycles. The molecule has 0 aliphatic carbocycles. The van der Waals surface area contributed by atoms with Gasteiger partial charge in [-0.15, -0.1) is 0 Å². The lowest BCUT2D eigenvalue weighted by Gasteiger charge is -2.32. The molecule has 23 heavy (non-hydrogen) atoms. The first-order valence-corrected chi connectivity index (χ1v) is 7.56. The highest BCUT2D eigenvalue weighted by Gasteiger charge is 2.51. The zero-order valence-corrected chi connectivity index (χ0v) is 14.3. The van der Waals surface area contributed by atoms with Gasteiger partial charge in [-0.1, -0.05) is 0 Å². The van der Waals surface area contributed by atoms with Gasteiger partial charge in [-0.05, 0) is 45.3 Å². The van der Waals surface area contributed by atoms with Crippen LogP contribution in [0, 0.1) is 0 Å². The van der Waals surface area contributed by atoms with Crippen LogP contribution in [0.1, 0.15) is 38.1 Å². The molecular weight excluding hydrogens is 295 g/mol. The molecule has 1 fully saturated rings. The van der Waals surface area contributed by atoms with Crippen LogP contribution in [0.2, 0.25) is 0 Å². The second-order valence-corrected chi connectivity index (χ2v) is 6.85. The number of ether oxygens (including phenoxy) is 1. The van der Waals surface area contributed by atoms with E-state index in [1.165, 1.54) is 7.11 Å². The maximum absolute atomic E-state index is 12.1. The van der Waals surface area contributed by atoms with E-state index in [1.807, 2.05) is 40.8 Å². The summed E-state index contributed by atoms with van der Waals surface area (Å²) < 4.78 is 18.8. The average molecular weight is 316 g/mol. The number of carbonyl (C=O) groups is 1. The number of esters is 1. The maximum atomic E-state index is 12.1. The van der Waals surface area contributed by atoms with Crippen LogP contribution >= 0.6 is 0 Å². The van der Waals surface area contributed by atoms with Gasteiger partial charge in [0, 0.05) is 12.4 Å². The normalized spacial score (nSPS) is 19.3. The third-order valence-corrected chi connectivity index (χ3v) is 4.82. The van der Waals surface area contributed by atoms with Crippen molar-refractivity contribution in [3.63, 3.8) is 0 Å². The van der Waals surface area contributed by atoms with Crippen LogP contribution in [-0.2, 0) is 21.1 Å². The van der Waals surface area contributed by atoms with E-state index in [9.17, 15) is 4.79 Å². The Hall–Kier alpha value is -1.86. The fourth-order valence-corrected chi connectivity index (χ4v) is 2.66. The lowest BCUT2D eigenvalue weighted by Crippen LogP contribution is -2.41. The number of fused-ring (bicyclic) bond motifs is 1. The minimum atomic E-state index is -0.539. The molecule has 2 heterocycles. The van der Waals surface area contributed by atoms with Gasteiger partial charge in [0.2, 0.25) is 0 Å². The predicted molar refractivity (Wildman–Crippen MR) is 87.8 cm³/mol. The zero-order chi connectivity index (χ0) is 17.0. The highest BCUT2D eigenvalue weighted by Crippen LogP contribution is 2.36. The molecule has 1 saturated heterocycles. The summed E-state index contributed by atoms with van der Waals surface area (Å²) in [5, 5.41) is 4.97. The van der Waals surface area contributed by atoms with E-state index in [4.69, 9.17) is 14.0 Å². The van der Waals surface area contributed by atoms with Gasteiger partial charge in [0.15, 0.2) is 0 Å². The van der Waals surface area contributed by atoms with E-state index >= 15 is 0 Å². The highest BCUT2D eigenvalue weighted by molar-refractivity contribution is 6.62. The molecular formula is C16H21BN2O4. The molecule has 7 heteroatoms. The summed E-state index contributed by atoms with van der Waals surface area (Å²) >= 11 is 0. The van der Waals surface area contributed by atoms with Crippen LogP contribution in [0.5, 0.6) is 0 Å². The van der Waals surface area contributed by atoms with E-state index in [1.54, 1.807) is 16.9 Å². The Balaban J connectivity index is 2.12. The van der Waals surface area contributed by atoms with Crippen LogP contribution in [0.3, 0.4) is 0 Å². The average Bonchev–Trinajstić information content (AvgIpc) is 2.95. The second kappa shape index (κ2) is 5.07. The summed E-state index contributed by atoms with van der Waals surface area (Å²) in [6, 6.07) is 3.70. The van der Waals surface area contributed by atoms with Crippen molar-refractivity contribution in [3.8, 4) is 0 Å². The van der Waals surface area contributed by atoms with Crippen molar-refractivity contribution in [2.45, 2.75) is 38.9 Å². The number of aromatic nitrogens is 2. The van der Waals surface area contributed by atoms with Gasteiger partial charge in [-0.25, -0.2) is 4.79 Å². The van der Waals surface area contributed by atoms with Crippen molar-refractivity contribution in [2.75, 3.05) is 7.11 Å². The number of methoxy groups -OCH3 is 1. The Kier molecular flexibility index (Phi) is 3.53. The lowest BCUT2D eigenvalue weighted by molar-refractivity contribution is 0.00578. The molecule has 122 valence electrons. The molecule has 0 saturated carbocycles. The molecule has 6 nitrogen and oxygen atoms in total. The molecule has 0 amide bonds. The third-order valence-electron chi connectivity index (χ3n) is 4.82. The van der Waals surface area contributed by atoms with Gasteiger partial charge < -0.3 is 14.0 Å². The summed E-state index contributed by atoms with van der Waals surface area (Å²) in [6.45, 7) is 7.99. The zero-order valence-electron chi connectivity index (χ0n) is 14.3. The summed E-state index contributed by atoms with van der Waals surface area (Å²) in [4.78, 5) is 12.1. The Morgan fingerprint density at radius 1 is 1.22 bits per heavy atom. The monoisotopic (exact) mass is 316 g/mol. The summed E-state index contributed by atoms with van der Waals surface area (Å²) in [5.41, 5.74) is 1.19. The fraction of sp³-hybridized carbons (Fsp3) is 0.500. The van der Waals surface area contributed by atoms with Crippen molar-refractivity contribution >= 4 is 29.5 Å². The number of carbonyl (C=O) groups excluding carboxylic acids is 1. The van der Waals surface area contributed by atoms with Crippen LogP contribution in [0.4, 0.5) is 0 Å². The molecule has 0 radical (unpaired) electrons. The minimum Gasteiger partial charge on any atom is -0.465 e. The summed E-state index contributed by atoms with van der Waals surface area (Å²) in [6.07, 6.45) is 1.66. The topological polar surface area (TPSA) is 62.6 Å². The molecule has 0 bridgehead atoms. The van der Waals surface area contributed by atoms with E-state index in [0.717, 1.165) is 16.4 Å². The first kappa shape index (κ1) is 16.0. The minimum absolute atomic E-state index is 0.402. The van der Waals surface area contributed by atoms with Gasteiger partial charge >= 0.3 is 13.1 Å². The van der Waals surface area contributed by atoms with Crippen molar-refractivity contribution in [1.29, 1.82) is 0 Å². The van der Waals surface area contributed by atoms with Gasteiger partial charge in [0.1, 0.15) is 0 Å². The quantitative estimate of drug-likeness (QED) is 0.623. The van der Waals surface area contributed by atoms with Gasteiger partial charge in [0.05, 0.1) is 35.6 Å². The lowest BCUT2D eigenvalue weighted by atomic mass is 9.77. The van der Waals surface area contributed by atoms with Gasteiger partial charge in [-0.3, -0.25) is 4.68 Å². The highest BCUT2D eigenvalue weighted by atomic mass is 16.7. The Morgan fingerprint density at radius 3 is 2.39 bits per heavy atom. The number of aryl methyl sites for hydroxylation is 1. The van der Waals surface area contributed by atoms with E-state index < -0.39 is 24.3 Å². The largest absolute Gasteiger partial charge is 0.494 e. The second-order valence-electron chi connectivity index (χ2n) is 6.85.